The van der Waals surface area contributed by atoms with Crippen molar-refractivity contribution in [3.63, 3.8) is 0 Å². The van der Waals surface area contributed by atoms with E-state index in [0.717, 1.165) is 33.3 Å². The molecule has 124 valence electrons. The number of fused-ring (bicyclic) bond motifs is 2. The zero-order valence-electron chi connectivity index (χ0n) is 13.9. The van der Waals surface area contributed by atoms with E-state index in [1.54, 1.807) is 10.9 Å². The van der Waals surface area contributed by atoms with Crippen molar-refractivity contribution in [1.29, 1.82) is 0 Å². The second-order valence-corrected chi connectivity index (χ2v) is 5.68. The fourth-order valence-corrected chi connectivity index (χ4v) is 2.74. The first-order valence-corrected chi connectivity index (χ1v) is 7.86. The molecule has 0 saturated carbocycles. The largest absolute Gasteiger partial charge is 0.399 e. The van der Waals surface area contributed by atoms with E-state index in [0.29, 0.717) is 12.3 Å². The summed E-state index contributed by atoms with van der Waals surface area (Å²) in [6.45, 7) is 2.43. The molecule has 0 spiro atoms. The fraction of sp³-hybridized carbons (Fsp3) is 0.167. The molecule has 0 atom stereocenters. The molecule has 4 rings (SSSR count). The van der Waals surface area contributed by atoms with Crippen LogP contribution in [0.2, 0.25) is 0 Å². The van der Waals surface area contributed by atoms with E-state index in [-0.39, 0.29) is 0 Å². The highest BCUT2D eigenvalue weighted by molar-refractivity contribution is 5.97. The zero-order chi connectivity index (χ0) is 17.2. The summed E-state index contributed by atoms with van der Waals surface area (Å²) in [6.07, 6.45) is 1.79. The molecule has 0 fully saturated rings. The summed E-state index contributed by atoms with van der Waals surface area (Å²) in [6, 6.07) is 13.9. The molecule has 0 amide bonds. The van der Waals surface area contributed by atoms with Crippen molar-refractivity contribution in [2.24, 2.45) is 5.16 Å². The van der Waals surface area contributed by atoms with Crippen molar-refractivity contribution in [2.75, 3.05) is 7.11 Å². The van der Waals surface area contributed by atoms with E-state index in [1.807, 2.05) is 43.3 Å². The van der Waals surface area contributed by atoms with Gasteiger partial charge in [0.05, 0.1) is 17.8 Å². The van der Waals surface area contributed by atoms with Crippen LogP contribution < -0.4 is 0 Å². The third kappa shape index (κ3) is 2.91. The third-order valence-corrected chi connectivity index (χ3v) is 3.96. The molecule has 3 heterocycles. The lowest BCUT2D eigenvalue weighted by Crippen LogP contribution is -2.05. The molecule has 4 aromatic rings. The lowest BCUT2D eigenvalue weighted by Gasteiger charge is -2.05. The SMILES string of the molecule is CO/N=C(\C)c1ccc2nnn(Cc3ccc4ncccc4c3)c2n1. The molecule has 7 heteroatoms. The molecule has 25 heavy (non-hydrogen) atoms. The van der Waals surface area contributed by atoms with Gasteiger partial charge in [-0.1, -0.05) is 22.5 Å². The van der Waals surface area contributed by atoms with Crippen LogP contribution in [0.25, 0.3) is 22.1 Å². The first-order chi connectivity index (χ1) is 12.2. The first-order valence-electron chi connectivity index (χ1n) is 7.86. The fourth-order valence-electron chi connectivity index (χ4n) is 2.74. The second-order valence-electron chi connectivity index (χ2n) is 5.68. The van der Waals surface area contributed by atoms with E-state index < -0.39 is 0 Å². The van der Waals surface area contributed by atoms with E-state index in [2.05, 4.69) is 31.5 Å². The number of benzene rings is 1. The topological polar surface area (TPSA) is 78.1 Å². The van der Waals surface area contributed by atoms with Crippen LogP contribution in [0.5, 0.6) is 0 Å². The Kier molecular flexibility index (Phi) is 3.81. The van der Waals surface area contributed by atoms with E-state index >= 15 is 0 Å². The van der Waals surface area contributed by atoms with Gasteiger partial charge >= 0.3 is 0 Å². The minimum atomic E-state index is 0.582. The van der Waals surface area contributed by atoms with Crippen LogP contribution in [0.15, 0.2) is 53.8 Å². The van der Waals surface area contributed by atoms with Gasteiger partial charge in [0.25, 0.3) is 0 Å². The second kappa shape index (κ2) is 6.27. The third-order valence-electron chi connectivity index (χ3n) is 3.96. The van der Waals surface area contributed by atoms with Gasteiger partial charge in [0, 0.05) is 11.6 Å². The van der Waals surface area contributed by atoms with Crippen molar-refractivity contribution in [2.45, 2.75) is 13.5 Å². The molecule has 1 aromatic carbocycles. The maximum absolute atomic E-state index is 4.82. The van der Waals surface area contributed by atoms with Crippen molar-refractivity contribution < 1.29 is 4.84 Å². The highest BCUT2D eigenvalue weighted by atomic mass is 16.6. The normalized spacial score (nSPS) is 12.0. The Labute approximate surface area is 144 Å². The molecule has 0 aliphatic carbocycles. The van der Waals surface area contributed by atoms with E-state index in [9.17, 15) is 0 Å². The Morgan fingerprint density at radius 1 is 1.16 bits per heavy atom. The average molecular weight is 332 g/mol. The summed E-state index contributed by atoms with van der Waals surface area (Å²) in [5.41, 5.74) is 4.99. The number of oxime groups is 1. The highest BCUT2D eigenvalue weighted by Crippen LogP contribution is 2.16. The molecule has 0 radical (unpaired) electrons. The van der Waals surface area contributed by atoms with Crippen molar-refractivity contribution in [1.82, 2.24) is 25.0 Å². The Hall–Kier alpha value is -3.35. The Balaban J connectivity index is 1.72. The minimum absolute atomic E-state index is 0.582. The Morgan fingerprint density at radius 3 is 2.92 bits per heavy atom. The number of rotatable bonds is 4. The summed E-state index contributed by atoms with van der Waals surface area (Å²) in [4.78, 5) is 13.8. The molecular weight excluding hydrogens is 316 g/mol. The van der Waals surface area contributed by atoms with Gasteiger partial charge in [0.1, 0.15) is 18.3 Å². The average Bonchev–Trinajstić information content (AvgIpc) is 3.04. The lowest BCUT2D eigenvalue weighted by molar-refractivity contribution is 0.213. The standard InChI is InChI=1S/C18H16N6O/c1-12(22-25-2)15-7-8-17-18(20-15)24(23-21-17)11-13-5-6-16-14(10-13)4-3-9-19-16/h3-10H,11H2,1-2H3/b22-12+. The van der Waals surface area contributed by atoms with Crippen molar-refractivity contribution >= 4 is 27.8 Å². The summed E-state index contributed by atoms with van der Waals surface area (Å²) in [7, 11) is 1.52. The van der Waals surface area contributed by atoms with Gasteiger partial charge in [-0.3, -0.25) is 4.98 Å². The predicted molar refractivity (Wildman–Crippen MR) is 95.4 cm³/mol. The van der Waals surface area contributed by atoms with Crippen LogP contribution in [0.1, 0.15) is 18.2 Å². The number of aromatic nitrogens is 5. The Morgan fingerprint density at radius 2 is 2.04 bits per heavy atom. The summed E-state index contributed by atoms with van der Waals surface area (Å²) < 4.78 is 1.79. The lowest BCUT2D eigenvalue weighted by atomic mass is 10.1. The smallest absolute Gasteiger partial charge is 0.179 e. The van der Waals surface area contributed by atoms with Gasteiger partial charge in [-0.15, -0.1) is 5.10 Å². The zero-order valence-corrected chi connectivity index (χ0v) is 13.9. The van der Waals surface area contributed by atoms with Crippen LogP contribution in [0.3, 0.4) is 0 Å². The molecule has 0 aliphatic heterocycles. The molecule has 0 unspecified atom stereocenters. The van der Waals surface area contributed by atoms with Crippen LogP contribution in [0.4, 0.5) is 0 Å². The molecule has 0 bridgehead atoms. The van der Waals surface area contributed by atoms with Gasteiger partial charge in [-0.05, 0) is 42.8 Å². The van der Waals surface area contributed by atoms with Crippen molar-refractivity contribution in [3.8, 4) is 0 Å². The molecule has 0 saturated heterocycles. The van der Waals surface area contributed by atoms with Crippen LogP contribution in [0, 0.1) is 0 Å². The number of pyridine rings is 2. The van der Waals surface area contributed by atoms with Crippen LogP contribution in [-0.2, 0) is 11.4 Å². The van der Waals surface area contributed by atoms with Crippen LogP contribution in [-0.4, -0.2) is 37.8 Å². The van der Waals surface area contributed by atoms with Gasteiger partial charge in [-0.2, -0.15) is 0 Å². The molecule has 7 nitrogen and oxygen atoms in total. The monoisotopic (exact) mass is 332 g/mol. The van der Waals surface area contributed by atoms with E-state index in [1.165, 1.54) is 7.11 Å². The van der Waals surface area contributed by atoms with Crippen molar-refractivity contribution in [3.05, 3.63) is 59.9 Å². The van der Waals surface area contributed by atoms with Gasteiger partial charge < -0.3 is 4.84 Å². The van der Waals surface area contributed by atoms with Gasteiger partial charge in [0.15, 0.2) is 5.65 Å². The minimum Gasteiger partial charge on any atom is -0.399 e. The maximum atomic E-state index is 4.82. The van der Waals surface area contributed by atoms with Gasteiger partial charge in [0.2, 0.25) is 0 Å². The molecule has 0 aliphatic rings. The number of nitrogens with zero attached hydrogens (tertiary/aromatic N) is 6. The quantitative estimate of drug-likeness (QED) is 0.424. The molecular formula is C18H16N6O. The molecule has 0 N–H and O–H groups in total. The van der Waals surface area contributed by atoms with Gasteiger partial charge in [-0.25, -0.2) is 9.67 Å². The summed E-state index contributed by atoms with van der Waals surface area (Å²) in [5.74, 6) is 0. The first kappa shape index (κ1) is 15.2. The molecule has 3 aromatic heterocycles. The number of hydrogen-bond donors (Lipinski definition) is 0. The number of hydrogen-bond acceptors (Lipinski definition) is 6. The summed E-state index contributed by atoms with van der Waals surface area (Å²) >= 11 is 0. The maximum Gasteiger partial charge on any atom is 0.179 e. The highest BCUT2D eigenvalue weighted by Gasteiger charge is 2.10. The van der Waals surface area contributed by atoms with E-state index in [4.69, 9.17) is 4.84 Å². The predicted octanol–water partition coefficient (Wildman–Crippen LogP) is 2.79. The van der Waals surface area contributed by atoms with Crippen LogP contribution >= 0.6 is 0 Å². The Bertz CT molecular complexity index is 1090. The summed E-state index contributed by atoms with van der Waals surface area (Å²) in [5, 5.41) is 13.5.